The van der Waals surface area contributed by atoms with E-state index in [0.29, 0.717) is 18.7 Å². The van der Waals surface area contributed by atoms with Gasteiger partial charge in [-0.25, -0.2) is 0 Å². The first-order valence-corrected chi connectivity index (χ1v) is 10.2. The molecule has 0 unspecified atom stereocenters. The molecule has 1 aliphatic heterocycles. The van der Waals surface area contributed by atoms with Gasteiger partial charge in [-0.05, 0) is 36.7 Å². The van der Waals surface area contributed by atoms with Gasteiger partial charge in [-0.2, -0.15) is 0 Å². The molecule has 0 radical (unpaired) electrons. The van der Waals surface area contributed by atoms with Gasteiger partial charge in [0, 0.05) is 31.1 Å². The fourth-order valence-electron chi connectivity index (χ4n) is 3.92. The van der Waals surface area contributed by atoms with Crippen molar-refractivity contribution in [1.29, 1.82) is 0 Å². The van der Waals surface area contributed by atoms with Crippen molar-refractivity contribution in [2.45, 2.75) is 65.0 Å². The Hall–Kier alpha value is -2.52. The smallest absolute Gasteiger partial charge is 0.306 e. The van der Waals surface area contributed by atoms with Crippen molar-refractivity contribution in [3.05, 3.63) is 33.9 Å². The van der Waals surface area contributed by atoms with E-state index in [4.69, 9.17) is 10.8 Å². The molecule has 1 heterocycles. The maximum atomic E-state index is 13.1. The maximum absolute atomic E-state index is 13.1. The molecule has 4 N–H and O–H groups in total. The maximum Gasteiger partial charge on any atom is 0.306 e. The second-order valence-electron chi connectivity index (χ2n) is 8.97. The molecule has 2 rings (SSSR count). The van der Waals surface area contributed by atoms with E-state index in [1.807, 2.05) is 13.8 Å². The number of aliphatic carboxylic acids is 1. The molecule has 0 saturated heterocycles. The number of benzene rings is 1. The summed E-state index contributed by atoms with van der Waals surface area (Å²) < 4.78 is 0. The molecular weight excluding hydrogens is 390 g/mol. The minimum Gasteiger partial charge on any atom is -0.481 e. The minimum atomic E-state index is -0.992. The van der Waals surface area contributed by atoms with Crippen LogP contribution in [0, 0.1) is 21.4 Å². The summed E-state index contributed by atoms with van der Waals surface area (Å²) in [5, 5.41) is 30.4. The molecule has 166 valence electrons. The van der Waals surface area contributed by atoms with Crippen LogP contribution in [0.1, 0.15) is 52.0 Å². The molecule has 3 atom stereocenters. The molecule has 0 aliphatic carbocycles. The Morgan fingerprint density at radius 1 is 1.37 bits per heavy atom. The molecule has 0 spiro atoms. The van der Waals surface area contributed by atoms with Gasteiger partial charge in [0.25, 0.3) is 5.69 Å². The van der Waals surface area contributed by atoms with Crippen LogP contribution < -0.4 is 10.6 Å². The third-order valence-corrected chi connectivity index (χ3v) is 5.63. The lowest BCUT2D eigenvalue weighted by molar-refractivity contribution is -0.384. The predicted molar refractivity (Wildman–Crippen MR) is 112 cm³/mol. The van der Waals surface area contributed by atoms with E-state index in [9.17, 15) is 24.8 Å². The average molecular weight is 421 g/mol. The summed E-state index contributed by atoms with van der Waals surface area (Å²) >= 11 is 0. The van der Waals surface area contributed by atoms with Crippen LogP contribution in [0.25, 0.3) is 0 Å². The van der Waals surface area contributed by atoms with Crippen LogP contribution in [-0.2, 0) is 16.0 Å². The zero-order chi connectivity index (χ0) is 22.6. The van der Waals surface area contributed by atoms with Crippen LogP contribution in [0.4, 0.5) is 11.4 Å². The quantitative estimate of drug-likeness (QED) is 0.410. The molecule has 1 aromatic rings. The van der Waals surface area contributed by atoms with Crippen molar-refractivity contribution < 1.29 is 24.7 Å². The van der Waals surface area contributed by atoms with E-state index in [-0.39, 0.29) is 24.4 Å². The molecule has 9 nitrogen and oxygen atoms in total. The zero-order valence-corrected chi connectivity index (χ0v) is 17.7. The fraction of sp³-hybridized carbons (Fsp3) is 0.619. The first kappa shape index (κ1) is 23.8. The second kappa shape index (κ2) is 9.53. The lowest BCUT2D eigenvalue weighted by Crippen LogP contribution is -2.43. The number of aliphatic hydroxyl groups excluding tert-OH is 1. The van der Waals surface area contributed by atoms with Crippen LogP contribution in [0.2, 0.25) is 0 Å². The highest BCUT2D eigenvalue weighted by Crippen LogP contribution is 2.34. The van der Waals surface area contributed by atoms with Gasteiger partial charge in [-0.15, -0.1) is 0 Å². The number of carbonyl (C=O) groups excluding carboxylic acids is 1. The van der Waals surface area contributed by atoms with Gasteiger partial charge in [-0.3, -0.25) is 19.7 Å². The highest BCUT2D eigenvalue weighted by molar-refractivity contribution is 5.95. The molecule has 1 amide bonds. The molecule has 0 fully saturated rings. The number of anilines is 1. The SMILES string of the molecule is C[C@H](C[C@H](O)[C@@H](N)CC(C)(C)CC(=O)N1CCCc2ccc([N+](=O)[O-])cc21)C(=O)O. The Balaban J connectivity index is 2.07. The van der Waals surface area contributed by atoms with Gasteiger partial charge in [0.2, 0.25) is 5.91 Å². The lowest BCUT2D eigenvalue weighted by atomic mass is 9.80. The van der Waals surface area contributed by atoms with Crippen LogP contribution >= 0.6 is 0 Å². The Morgan fingerprint density at radius 3 is 2.63 bits per heavy atom. The third-order valence-electron chi connectivity index (χ3n) is 5.63. The monoisotopic (exact) mass is 421 g/mol. The van der Waals surface area contributed by atoms with Crippen molar-refractivity contribution in [2.75, 3.05) is 11.4 Å². The van der Waals surface area contributed by atoms with E-state index in [1.165, 1.54) is 19.1 Å². The lowest BCUT2D eigenvalue weighted by Gasteiger charge is -2.34. The average Bonchev–Trinajstić information content (AvgIpc) is 2.65. The molecule has 9 heteroatoms. The van der Waals surface area contributed by atoms with Crippen LogP contribution in [0.5, 0.6) is 0 Å². The van der Waals surface area contributed by atoms with Gasteiger partial charge < -0.3 is 20.8 Å². The molecule has 0 bridgehead atoms. The Labute approximate surface area is 176 Å². The number of carboxylic acid groups (broad SMARTS) is 1. The highest BCUT2D eigenvalue weighted by Gasteiger charge is 2.33. The van der Waals surface area contributed by atoms with E-state index in [1.54, 1.807) is 11.0 Å². The summed E-state index contributed by atoms with van der Waals surface area (Å²) in [6.45, 7) is 5.75. The number of hydrogen-bond acceptors (Lipinski definition) is 6. The second-order valence-corrected chi connectivity index (χ2v) is 8.97. The highest BCUT2D eigenvalue weighted by atomic mass is 16.6. The standard InChI is InChI=1S/C21H31N3O6/c1-13(20(27)28)9-18(25)16(22)11-21(2,3)12-19(26)23-8-4-5-14-6-7-15(24(29)30)10-17(14)23/h6-7,10,13,16,18,25H,4-5,8-9,11-12,22H2,1-3H3,(H,27,28)/t13-,16+,18+/m1/s1. The number of non-ortho nitro benzene ring substituents is 1. The Morgan fingerprint density at radius 2 is 2.03 bits per heavy atom. The van der Waals surface area contributed by atoms with Crippen molar-refractivity contribution in [3.63, 3.8) is 0 Å². The van der Waals surface area contributed by atoms with Gasteiger partial charge in [0.05, 0.1) is 22.6 Å². The molecule has 0 saturated carbocycles. The van der Waals surface area contributed by atoms with Crippen molar-refractivity contribution >= 4 is 23.3 Å². The number of amides is 1. The van der Waals surface area contributed by atoms with E-state index in [2.05, 4.69) is 0 Å². The number of carbonyl (C=O) groups is 2. The summed E-state index contributed by atoms with van der Waals surface area (Å²) in [7, 11) is 0. The van der Waals surface area contributed by atoms with Gasteiger partial charge in [0.1, 0.15) is 0 Å². The number of nitro benzene ring substituents is 1. The summed E-state index contributed by atoms with van der Waals surface area (Å²) in [5.74, 6) is -1.85. The normalized spacial score (nSPS) is 17.0. The van der Waals surface area contributed by atoms with Gasteiger partial charge in [0.15, 0.2) is 0 Å². The van der Waals surface area contributed by atoms with E-state index in [0.717, 1.165) is 18.4 Å². The van der Waals surface area contributed by atoms with Crippen LogP contribution in [0.3, 0.4) is 0 Å². The summed E-state index contributed by atoms with van der Waals surface area (Å²) in [5.41, 5.74) is 6.99. The minimum absolute atomic E-state index is 0.0453. The largest absolute Gasteiger partial charge is 0.481 e. The van der Waals surface area contributed by atoms with Crippen molar-refractivity contribution in [1.82, 2.24) is 0 Å². The van der Waals surface area contributed by atoms with Crippen molar-refractivity contribution in [3.8, 4) is 0 Å². The van der Waals surface area contributed by atoms with Crippen molar-refractivity contribution in [2.24, 2.45) is 17.1 Å². The number of nitrogens with zero attached hydrogens (tertiary/aromatic N) is 2. The first-order chi connectivity index (χ1) is 13.9. The van der Waals surface area contributed by atoms with Gasteiger partial charge >= 0.3 is 5.97 Å². The summed E-state index contributed by atoms with van der Waals surface area (Å²) in [4.78, 5) is 36.3. The number of nitro groups is 1. The van der Waals surface area contributed by atoms with E-state index >= 15 is 0 Å². The molecule has 1 aliphatic rings. The summed E-state index contributed by atoms with van der Waals surface area (Å²) in [6, 6.07) is 3.94. The summed E-state index contributed by atoms with van der Waals surface area (Å²) in [6.07, 6.45) is 1.10. The number of fused-ring (bicyclic) bond motifs is 1. The van der Waals surface area contributed by atoms with E-state index < -0.39 is 34.4 Å². The number of rotatable bonds is 9. The number of nitrogens with two attached hydrogens (primary N) is 1. The Kier molecular flexibility index (Phi) is 7.54. The van der Waals surface area contributed by atoms with Gasteiger partial charge in [-0.1, -0.05) is 26.8 Å². The Bertz CT molecular complexity index is 810. The molecule has 30 heavy (non-hydrogen) atoms. The number of aliphatic hydroxyl groups is 1. The number of hydrogen-bond donors (Lipinski definition) is 3. The van der Waals surface area contributed by atoms with Crippen LogP contribution in [-0.4, -0.2) is 45.7 Å². The predicted octanol–water partition coefficient (Wildman–Crippen LogP) is 2.48. The number of carboxylic acids is 1. The topological polar surface area (TPSA) is 147 Å². The fourth-order valence-corrected chi connectivity index (χ4v) is 3.92. The first-order valence-electron chi connectivity index (χ1n) is 10.2. The third kappa shape index (κ3) is 5.99. The zero-order valence-electron chi connectivity index (χ0n) is 17.7. The molecule has 1 aromatic carbocycles. The van der Waals surface area contributed by atoms with Crippen LogP contribution in [0.15, 0.2) is 18.2 Å². The molecular formula is C21H31N3O6. The number of aryl methyl sites for hydroxylation is 1. The molecule has 0 aromatic heterocycles.